The van der Waals surface area contributed by atoms with Crippen LogP contribution in [0, 0.1) is 0 Å². The first-order valence-electron chi connectivity index (χ1n) is 6.59. The fourth-order valence-corrected chi connectivity index (χ4v) is 2.68. The Morgan fingerprint density at radius 2 is 2.25 bits per heavy atom. The Hall–Kier alpha value is -2.21. The topological polar surface area (TPSA) is 90.0 Å². The number of aromatic nitrogens is 2. The molecular formula is C14H16N4O2. The van der Waals surface area contributed by atoms with Crippen LogP contribution in [0.2, 0.25) is 0 Å². The van der Waals surface area contributed by atoms with Crippen molar-refractivity contribution in [3.05, 3.63) is 29.5 Å². The van der Waals surface area contributed by atoms with Crippen molar-refractivity contribution < 1.29 is 9.59 Å². The third kappa shape index (κ3) is 1.98. The van der Waals surface area contributed by atoms with Crippen molar-refractivity contribution in [3.8, 4) is 0 Å². The van der Waals surface area contributed by atoms with Crippen LogP contribution in [0.4, 0.5) is 0 Å². The largest absolute Gasteiger partial charge is 0.326 e. The Balaban J connectivity index is 2.11. The van der Waals surface area contributed by atoms with Gasteiger partial charge in [0.05, 0.1) is 17.1 Å². The summed E-state index contributed by atoms with van der Waals surface area (Å²) in [7, 11) is 1.85. The molecular weight excluding hydrogens is 256 g/mol. The molecule has 1 saturated heterocycles. The van der Waals surface area contributed by atoms with Crippen molar-refractivity contribution in [2.45, 2.75) is 25.3 Å². The third-order valence-corrected chi connectivity index (χ3v) is 3.75. The number of amides is 2. The van der Waals surface area contributed by atoms with Crippen LogP contribution in [0.3, 0.4) is 0 Å². The molecule has 1 aliphatic rings. The molecule has 104 valence electrons. The van der Waals surface area contributed by atoms with Crippen molar-refractivity contribution in [1.29, 1.82) is 0 Å². The third-order valence-electron chi connectivity index (χ3n) is 3.75. The molecule has 2 heterocycles. The summed E-state index contributed by atoms with van der Waals surface area (Å²) in [5.41, 5.74) is 8.35. The van der Waals surface area contributed by atoms with Gasteiger partial charge in [0, 0.05) is 25.4 Å². The lowest BCUT2D eigenvalue weighted by Gasteiger charge is -2.19. The highest BCUT2D eigenvalue weighted by Crippen LogP contribution is 2.30. The summed E-state index contributed by atoms with van der Waals surface area (Å²) in [6, 6.07) is 5.89. The number of hydrogen-bond acceptors (Lipinski definition) is 4. The minimum absolute atomic E-state index is 0.214. The van der Waals surface area contributed by atoms with Gasteiger partial charge in [0.2, 0.25) is 11.8 Å². The normalized spacial score (nSPS) is 19.4. The maximum Gasteiger partial charge on any atom is 0.235 e. The molecule has 6 heteroatoms. The molecule has 0 spiro atoms. The maximum absolute atomic E-state index is 12.0. The van der Waals surface area contributed by atoms with E-state index in [1.54, 1.807) is 4.68 Å². The monoisotopic (exact) mass is 272 g/mol. The Morgan fingerprint density at radius 3 is 2.95 bits per heavy atom. The van der Waals surface area contributed by atoms with Gasteiger partial charge in [-0.25, -0.2) is 0 Å². The highest BCUT2D eigenvalue weighted by atomic mass is 16.2. The summed E-state index contributed by atoms with van der Waals surface area (Å²) in [4.78, 5) is 23.3. The molecule has 3 rings (SSSR count). The molecule has 3 N–H and O–H groups in total. The lowest BCUT2D eigenvalue weighted by atomic mass is 9.92. The van der Waals surface area contributed by atoms with E-state index in [-0.39, 0.29) is 17.7 Å². The van der Waals surface area contributed by atoms with Gasteiger partial charge >= 0.3 is 0 Å². The molecule has 6 nitrogen and oxygen atoms in total. The maximum atomic E-state index is 12.0. The number of fused-ring (bicyclic) bond motifs is 1. The van der Waals surface area contributed by atoms with Crippen LogP contribution in [0.25, 0.3) is 10.9 Å². The van der Waals surface area contributed by atoms with Crippen LogP contribution in [-0.2, 0) is 23.2 Å². The van der Waals surface area contributed by atoms with Gasteiger partial charge in [0.25, 0.3) is 0 Å². The minimum atomic E-state index is -0.371. The fourth-order valence-electron chi connectivity index (χ4n) is 2.68. The number of nitrogens with two attached hydrogens (primary N) is 1. The average molecular weight is 272 g/mol. The van der Waals surface area contributed by atoms with Crippen molar-refractivity contribution >= 4 is 22.7 Å². The number of carbonyl (C=O) groups excluding carboxylic acids is 2. The summed E-state index contributed by atoms with van der Waals surface area (Å²) in [5.74, 6) is -0.849. The zero-order valence-electron chi connectivity index (χ0n) is 11.2. The Labute approximate surface area is 115 Å². The van der Waals surface area contributed by atoms with Crippen molar-refractivity contribution in [1.82, 2.24) is 15.1 Å². The van der Waals surface area contributed by atoms with E-state index in [0.29, 0.717) is 19.4 Å². The number of benzene rings is 1. The molecule has 0 aliphatic carbocycles. The first-order valence-corrected chi connectivity index (χ1v) is 6.59. The average Bonchev–Trinajstić information content (AvgIpc) is 2.75. The molecule has 0 radical (unpaired) electrons. The van der Waals surface area contributed by atoms with Crippen molar-refractivity contribution in [3.63, 3.8) is 0 Å². The molecule has 1 aromatic carbocycles. The molecule has 1 fully saturated rings. The number of nitrogens with one attached hydrogen (secondary N) is 1. The van der Waals surface area contributed by atoms with E-state index in [9.17, 15) is 9.59 Å². The lowest BCUT2D eigenvalue weighted by Crippen LogP contribution is -2.39. The quantitative estimate of drug-likeness (QED) is 0.781. The molecule has 20 heavy (non-hydrogen) atoms. The van der Waals surface area contributed by atoms with Crippen LogP contribution >= 0.6 is 0 Å². The van der Waals surface area contributed by atoms with Crippen LogP contribution < -0.4 is 11.1 Å². The second-order valence-electron chi connectivity index (χ2n) is 5.07. The zero-order valence-corrected chi connectivity index (χ0v) is 11.2. The minimum Gasteiger partial charge on any atom is -0.326 e. The standard InChI is InChI=1S/C14H16N4O2/c1-18-11-4-2-8(7-15)6-10(11)13(17-18)9-3-5-12(19)16-14(9)20/h2,4,6,9H,3,5,7,15H2,1H3,(H,16,19,20). The van der Waals surface area contributed by atoms with Gasteiger partial charge in [-0.2, -0.15) is 5.10 Å². The van der Waals surface area contributed by atoms with Gasteiger partial charge in [0.1, 0.15) is 0 Å². The molecule has 0 saturated carbocycles. The van der Waals surface area contributed by atoms with Crippen molar-refractivity contribution in [2.75, 3.05) is 0 Å². The number of imide groups is 1. The summed E-state index contributed by atoms with van der Waals surface area (Å²) in [5, 5.41) is 7.78. The summed E-state index contributed by atoms with van der Waals surface area (Å²) < 4.78 is 1.76. The van der Waals surface area contributed by atoms with Crippen LogP contribution in [-0.4, -0.2) is 21.6 Å². The molecule has 1 unspecified atom stereocenters. The predicted molar refractivity (Wildman–Crippen MR) is 73.7 cm³/mol. The van der Waals surface area contributed by atoms with E-state index in [1.807, 2.05) is 25.2 Å². The SMILES string of the molecule is Cn1nc(C2CCC(=O)NC2=O)c2cc(CN)ccc21. The van der Waals surface area contributed by atoms with E-state index < -0.39 is 0 Å². The second kappa shape index (κ2) is 4.72. The number of piperidine rings is 1. The lowest BCUT2D eigenvalue weighted by molar-refractivity contribution is -0.134. The van der Waals surface area contributed by atoms with E-state index in [4.69, 9.17) is 5.73 Å². The van der Waals surface area contributed by atoms with Gasteiger partial charge in [-0.1, -0.05) is 6.07 Å². The van der Waals surface area contributed by atoms with Gasteiger partial charge in [-0.3, -0.25) is 19.6 Å². The number of carbonyl (C=O) groups is 2. The molecule has 1 aromatic heterocycles. The van der Waals surface area contributed by atoms with Crippen LogP contribution in [0.1, 0.15) is 30.0 Å². The first kappa shape index (κ1) is 12.8. The van der Waals surface area contributed by atoms with Crippen molar-refractivity contribution in [2.24, 2.45) is 12.8 Å². The Kier molecular flexibility index (Phi) is 3.02. The van der Waals surface area contributed by atoms with Crippen LogP contribution in [0.15, 0.2) is 18.2 Å². The van der Waals surface area contributed by atoms with Gasteiger partial charge in [0.15, 0.2) is 0 Å². The van der Waals surface area contributed by atoms with Gasteiger partial charge in [-0.15, -0.1) is 0 Å². The summed E-state index contributed by atoms with van der Waals surface area (Å²) in [6.45, 7) is 0.444. The fraction of sp³-hybridized carbons (Fsp3) is 0.357. The van der Waals surface area contributed by atoms with E-state index in [0.717, 1.165) is 22.2 Å². The Bertz CT molecular complexity index is 705. The summed E-state index contributed by atoms with van der Waals surface area (Å²) >= 11 is 0. The summed E-state index contributed by atoms with van der Waals surface area (Å²) in [6.07, 6.45) is 0.856. The van der Waals surface area contributed by atoms with Gasteiger partial charge < -0.3 is 5.73 Å². The van der Waals surface area contributed by atoms with E-state index >= 15 is 0 Å². The van der Waals surface area contributed by atoms with Gasteiger partial charge in [-0.05, 0) is 24.1 Å². The van der Waals surface area contributed by atoms with Crippen LogP contribution in [0.5, 0.6) is 0 Å². The number of hydrogen-bond donors (Lipinski definition) is 2. The molecule has 0 bridgehead atoms. The highest BCUT2D eigenvalue weighted by molar-refractivity contribution is 6.02. The number of aryl methyl sites for hydroxylation is 1. The predicted octanol–water partition coefficient (Wildman–Crippen LogP) is 0.552. The highest BCUT2D eigenvalue weighted by Gasteiger charge is 2.31. The molecule has 2 aromatic rings. The number of rotatable bonds is 2. The first-order chi connectivity index (χ1) is 9.60. The van der Waals surface area contributed by atoms with E-state index in [1.165, 1.54) is 0 Å². The second-order valence-corrected chi connectivity index (χ2v) is 5.07. The molecule has 1 atom stereocenters. The zero-order chi connectivity index (χ0) is 14.3. The Morgan fingerprint density at radius 1 is 1.45 bits per heavy atom. The molecule has 1 aliphatic heterocycles. The smallest absolute Gasteiger partial charge is 0.235 e. The van der Waals surface area contributed by atoms with E-state index in [2.05, 4.69) is 10.4 Å². The molecule has 2 amide bonds. The number of nitrogens with zero attached hydrogens (tertiary/aromatic N) is 2.